The minimum Gasteiger partial charge on any atom is -0.493 e. The summed E-state index contributed by atoms with van der Waals surface area (Å²) in [5.74, 6) is 0.620. The minimum atomic E-state index is -0.504. The predicted molar refractivity (Wildman–Crippen MR) is 91.8 cm³/mol. The van der Waals surface area contributed by atoms with Crippen molar-refractivity contribution >= 4 is 16.7 Å². The first-order chi connectivity index (χ1) is 12.0. The largest absolute Gasteiger partial charge is 0.493 e. The van der Waals surface area contributed by atoms with Crippen molar-refractivity contribution in [1.29, 1.82) is 0 Å². The van der Waals surface area contributed by atoms with Gasteiger partial charge in [0.05, 0.1) is 22.8 Å². The Morgan fingerprint density at radius 1 is 1.36 bits per heavy atom. The summed E-state index contributed by atoms with van der Waals surface area (Å²) in [6, 6.07) is 4.20. The van der Waals surface area contributed by atoms with Crippen LogP contribution in [0.1, 0.15) is 19.5 Å². The number of aromatic nitrogens is 4. The highest BCUT2D eigenvalue weighted by Gasteiger charge is 2.19. The fourth-order valence-electron chi connectivity index (χ4n) is 2.70. The van der Waals surface area contributed by atoms with Crippen molar-refractivity contribution in [2.24, 2.45) is 0 Å². The highest BCUT2D eigenvalue weighted by molar-refractivity contribution is 5.80. The van der Waals surface area contributed by atoms with Crippen LogP contribution in [0.2, 0.25) is 0 Å². The summed E-state index contributed by atoms with van der Waals surface area (Å²) in [5, 5.41) is 15.8. The van der Waals surface area contributed by atoms with Gasteiger partial charge in [0.1, 0.15) is 17.0 Å². The Morgan fingerprint density at radius 3 is 2.76 bits per heavy atom. The highest BCUT2D eigenvalue weighted by atomic mass is 16.6. The molecule has 0 radical (unpaired) electrons. The lowest BCUT2D eigenvalue weighted by molar-refractivity contribution is -0.384. The van der Waals surface area contributed by atoms with Crippen LogP contribution in [-0.4, -0.2) is 31.3 Å². The first kappa shape index (κ1) is 16.6. The van der Waals surface area contributed by atoms with Gasteiger partial charge in [-0.15, -0.1) is 0 Å². The molecule has 2 heterocycles. The van der Waals surface area contributed by atoms with Crippen molar-refractivity contribution in [1.82, 2.24) is 19.7 Å². The molecule has 0 saturated heterocycles. The van der Waals surface area contributed by atoms with E-state index in [-0.39, 0.29) is 17.1 Å². The average Bonchev–Trinajstić information content (AvgIpc) is 2.91. The van der Waals surface area contributed by atoms with Crippen molar-refractivity contribution < 1.29 is 9.66 Å². The topological polar surface area (TPSA) is 116 Å². The summed E-state index contributed by atoms with van der Waals surface area (Å²) in [5.41, 5.74) is 0.929. The van der Waals surface area contributed by atoms with Gasteiger partial charge in [-0.1, -0.05) is 0 Å². The van der Waals surface area contributed by atoms with Crippen LogP contribution in [0.4, 0.5) is 5.69 Å². The summed E-state index contributed by atoms with van der Waals surface area (Å²) in [4.78, 5) is 30.2. The second-order valence-corrected chi connectivity index (χ2v) is 5.38. The Balaban J connectivity index is 2.30. The summed E-state index contributed by atoms with van der Waals surface area (Å²) in [6.45, 7) is 6.37. The van der Waals surface area contributed by atoms with Crippen LogP contribution in [0.3, 0.4) is 0 Å². The van der Waals surface area contributed by atoms with E-state index in [0.717, 1.165) is 0 Å². The summed E-state index contributed by atoms with van der Waals surface area (Å²) in [6.07, 6.45) is 0. The van der Waals surface area contributed by atoms with Gasteiger partial charge in [0.2, 0.25) is 0 Å². The number of nitrogens with zero attached hydrogens (tertiary/aromatic N) is 4. The molecule has 9 nitrogen and oxygen atoms in total. The molecule has 1 N–H and O–H groups in total. The van der Waals surface area contributed by atoms with E-state index < -0.39 is 4.92 Å². The van der Waals surface area contributed by atoms with E-state index >= 15 is 0 Å². The normalized spacial score (nSPS) is 11.0. The molecular formula is C16H17N5O4. The summed E-state index contributed by atoms with van der Waals surface area (Å²) >= 11 is 0. The molecule has 25 heavy (non-hydrogen) atoms. The Labute approximate surface area is 142 Å². The van der Waals surface area contributed by atoms with E-state index in [0.29, 0.717) is 41.2 Å². The molecule has 0 aliphatic carbocycles. The molecule has 2 aromatic heterocycles. The standard InChI is InChI=1S/C16H17N5O4/c1-4-20-15-13(9(3)19-20)16(22)18-14(17-15)11-8-10(21(23)24)6-7-12(11)25-5-2/h6-8H,4-5H2,1-3H3,(H,17,18,22). The smallest absolute Gasteiger partial charge is 0.270 e. The summed E-state index contributed by atoms with van der Waals surface area (Å²) in [7, 11) is 0. The first-order valence-corrected chi connectivity index (χ1v) is 7.85. The zero-order chi connectivity index (χ0) is 18.1. The van der Waals surface area contributed by atoms with Gasteiger partial charge >= 0.3 is 0 Å². The van der Waals surface area contributed by atoms with Gasteiger partial charge in [0.15, 0.2) is 5.65 Å². The number of hydrogen-bond donors (Lipinski definition) is 1. The molecule has 3 rings (SSSR count). The van der Waals surface area contributed by atoms with Crippen molar-refractivity contribution in [3.63, 3.8) is 0 Å². The van der Waals surface area contributed by atoms with E-state index in [4.69, 9.17) is 4.74 Å². The number of nitro benzene ring substituents is 1. The third kappa shape index (κ3) is 2.84. The SMILES string of the molecule is CCOc1ccc([N+](=O)[O-])cc1-c1nc2c(c(C)nn2CC)c(=O)[nH]1. The van der Waals surface area contributed by atoms with Gasteiger partial charge in [0.25, 0.3) is 11.2 Å². The zero-order valence-electron chi connectivity index (χ0n) is 14.1. The van der Waals surface area contributed by atoms with Crippen molar-refractivity contribution in [2.45, 2.75) is 27.3 Å². The Bertz CT molecular complexity index is 1020. The molecule has 3 aromatic rings. The maximum atomic E-state index is 12.5. The number of hydrogen-bond acceptors (Lipinski definition) is 6. The number of H-pyrrole nitrogens is 1. The molecule has 130 valence electrons. The Kier molecular flexibility index (Phi) is 4.22. The number of aryl methyl sites for hydroxylation is 2. The zero-order valence-corrected chi connectivity index (χ0v) is 14.1. The van der Waals surface area contributed by atoms with Crippen LogP contribution < -0.4 is 10.3 Å². The van der Waals surface area contributed by atoms with Gasteiger partial charge in [-0.2, -0.15) is 5.10 Å². The maximum absolute atomic E-state index is 12.5. The molecule has 0 amide bonds. The monoisotopic (exact) mass is 343 g/mol. The molecule has 0 saturated carbocycles. The third-order valence-electron chi connectivity index (χ3n) is 3.81. The molecule has 1 aromatic carbocycles. The molecule has 0 spiro atoms. The van der Waals surface area contributed by atoms with Gasteiger partial charge in [-0.05, 0) is 26.8 Å². The van der Waals surface area contributed by atoms with Crippen LogP contribution in [0.15, 0.2) is 23.0 Å². The van der Waals surface area contributed by atoms with E-state index in [9.17, 15) is 14.9 Å². The van der Waals surface area contributed by atoms with Crippen molar-refractivity contribution in [3.05, 3.63) is 44.4 Å². The number of aromatic amines is 1. The second kappa shape index (κ2) is 6.34. The van der Waals surface area contributed by atoms with Crippen LogP contribution in [0, 0.1) is 17.0 Å². The lowest BCUT2D eigenvalue weighted by Gasteiger charge is -2.10. The number of fused-ring (bicyclic) bond motifs is 1. The predicted octanol–water partition coefficient (Wildman–Crippen LogP) is 2.42. The van der Waals surface area contributed by atoms with Gasteiger partial charge in [-0.25, -0.2) is 9.67 Å². The molecule has 0 unspecified atom stereocenters. The van der Waals surface area contributed by atoms with Gasteiger partial charge in [0, 0.05) is 18.7 Å². The lowest BCUT2D eigenvalue weighted by atomic mass is 10.1. The number of benzene rings is 1. The Morgan fingerprint density at radius 2 is 2.12 bits per heavy atom. The third-order valence-corrected chi connectivity index (χ3v) is 3.81. The summed E-state index contributed by atoms with van der Waals surface area (Å²) < 4.78 is 7.16. The van der Waals surface area contributed by atoms with E-state index in [2.05, 4.69) is 15.1 Å². The fourth-order valence-corrected chi connectivity index (χ4v) is 2.70. The van der Waals surface area contributed by atoms with E-state index in [1.807, 2.05) is 6.92 Å². The van der Waals surface area contributed by atoms with E-state index in [1.54, 1.807) is 18.5 Å². The van der Waals surface area contributed by atoms with Gasteiger partial charge < -0.3 is 9.72 Å². The number of non-ortho nitro benzene ring substituents is 1. The Hall–Kier alpha value is -3.23. The van der Waals surface area contributed by atoms with E-state index in [1.165, 1.54) is 18.2 Å². The van der Waals surface area contributed by atoms with Crippen molar-refractivity contribution in [3.8, 4) is 17.1 Å². The molecule has 0 atom stereocenters. The van der Waals surface area contributed by atoms with Crippen LogP contribution in [-0.2, 0) is 6.54 Å². The molecule has 0 aliphatic rings. The molecule has 0 aliphatic heterocycles. The number of nitro groups is 1. The lowest BCUT2D eigenvalue weighted by Crippen LogP contribution is -2.11. The van der Waals surface area contributed by atoms with Crippen LogP contribution in [0.5, 0.6) is 5.75 Å². The highest BCUT2D eigenvalue weighted by Crippen LogP contribution is 2.31. The maximum Gasteiger partial charge on any atom is 0.270 e. The quantitative estimate of drug-likeness (QED) is 0.562. The minimum absolute atomic E-state index is 0.110. The fraction of sp³-hybridized carbons (Fsp3) is 0.312. The molecule has 0 bridgehead atoms. The van der Waals surface area contributed by atoms with Crippen molar-refractivity contribution in [2.75, 3.05) is 6.61 Å². The van der Waals surface area contributed by atoms with Crippen LogP contribution in [0.25, 0.3) is 22.4 Å². The second-order valence-electron chi connectivity index (χ2n) is 5.38. The first-order valence-electron chi connectivity index (χ1n) is 7.85. The average molecular weight is 343 g/mol. The molecule has 9 heteroatoms. The number of ether oxygens (including phenoxy) is 1. The molecule has 0 fully saturated rings. The van der Waals surface area contributed by atoms with Gasteiger partial charge in [-0.3, -0.25) is 14.9 Å². The molecular weight excluding hydrogens is 326 g/mol. The number of nitrogens with one attached hydrogen (secondary N) is 1. The number of rotatable bonds is 5. The van der Waals surface area contributed by atoms with Crippen LogP contribution >= 0.6 is 0 Å².